The van der Waals surface area contributed by atoms with Crippen LogP contribution >= 0.6 is 0 Å². The van der Waals surface area contributed by atoms with Crippen LogP contribution in [-0.2, 0) is 19.8 Å². The zero-order valence-corrected chi connectivity index (χ0v) is 26.7. The number of carboxylic acid groups (broad SMARTS) is 1. The smallest absolute Gasteiger partial charge is 0.329 e. The molecule has 3 aliphatic rings. The summed E-state index contributed by atoms with van der Waals surface area (Å²) in [5.41, 5.74) is -1.68. The molecule has 3 fully saturated rings. The highest BCUT2D eigenvalue weighted by molar-refractivity contribution is 7.87. The summed E-state index contributed by atoms with van der Waals surface area (Å²) in [6, 6.07) is -1.73. The SMILES string of the molecule is CCCCCCCC1C[C@]1(NC(=O)[C@@H]1CCCN1C(O)CNC(=O)NC(CN1CCN(C)S1(=O)=O)C(C)(C)C)C(=O)O. The van der Waals surface area contributed by atoms with Gasteiger partial charge in [0.2, 0.25) is 5.91 Å². The first-order chi connectivity index (χ1) is 19.6. The molecule has 13 nitrogen and oxygen atoms in total. The summed E-state index contributed by atoms with van der Waals surface area (Å²) in [5.74, 6) is -1.51. The maximum Gasteiger partial charge on any atom is 0.329 e. The number of nitrogens with one attached hydrogen (secondary N) is 3. The lowest BCUT2D eigenvalue weighted by atomic mass is 9.86. The second kappa shape index (κ2) is 14.2. The van der Waals surface area contributed by atoms with E-state index in [1.165, 1.54) is 22.1 Å². The minimum absolute atomic E-state index is 0.0857. The molecule has 14 heteroatoms. The monoisotopic (exact) mass is 616 g/mol. The van der Waals surface area contributed by atoms with Gasteiger partial charge < -0.3 is 26.2 Å². The lowest BCUT2D eigenvalue weighted by Crippen LogP contribution is -2.57. The number of hydrogen-bond acceptors (Lipinski definition) is 7. The normalized spacial score (nSPS) is 27.9. The standard InChI is InChI=1S/C28H52N6O7S/c1-6-7-8-9-10-12-20-17-28(20,25(37)38)31-24(36)21-13-11-14-34(21)23(35)18-29-26(39)30-22(27(2,3)4)19-33-16-15-32(5)42(33,40)41/h20-23,35H,6-19H2,1-5H3,(H,31,36)(H,37,38)(H2,29,30,39)/t20?,21-,22?,23?,28+/m0/s1. The molecule has 5 N–H and O–H groups in total. The third-order valence-electron chi connectivity index (χ3n) is 9.04. The fourth-order valence-corrected chi connectivity index (χ4v) is 7.34. The lowest BCUT2D eigenvalue weighted by molar-refractivity contribution is -0.145. The summed E-state index contributed by atoms with van der Waals surface area (Å²) in [6.07, 6.45) is 6.62. The zero-order valence-electron chi connectivity index (χ0n) is 25.9. The number of amides is 3. The van der Waals surface area contributed by atoms with Gasteiger partial charge in [-0.2, -0.15) is 17.0 Å². The van der Waals surface area contributed by atoms with Crippen LogP contribution in [0.1, 0.15) is 85.5 Å². The molecule has 0 aromatic carbocycles. The van der Waals surface area contributed by atoms with Crippen LogP contribution in [0.3, 0.4) is 0 Å². The third-order valence-corrected chi connectivity index (χ3v) is 11.0. The maximum absolute atomic E-state index is 13.2. The highest BCUT2D eigenvalue weighted by Gasteiger charge is 2.61. The minimum Gasteiger partial charge on any atom is -0.479 e. The van der Waals surface area contributed by atoms with E-state index in [0.717, 1.165) is 32.1 Å². The minimum atomic E-state index is -3.56. The third kappa shape index (κ3) is 8.34. The van der Waals surface area contributed by atoms with E-state index in [1.54, 1.807) is 4.90 Å². The van der Waals surface area contributed by atoms with E-state index in [-0.39, 0.29) is 19.0 Å². The van der Waals surface area contributed by atoms with Crippen molar-refractivity contribution in [2.45, 2.75) is 109 Å². The number of aliphatic carboxylic acids is 1. The maximum atomic E-state index is 13.2. The molecule has 0 spiro atoms. The van der Waals surface area contributed by atoms with Gasteiger partial charge in [0.25, 0.3) is 10.2 Å². The highest BCUT2D eigenvalue weighted by Crippen LogP contribution is 2.47. The van der Waals surface area contributed by atoms with Crippen molar-refractivity contribution in [3.63, 3.8) is 0 Å². The average Bonchev–Trinajstić information content (AvgIpc) is 3.25. The Bertz CT molecular complexity index is 1070. The number of carboxylic acids is 1. The van der Waals surface area contributed by atoms with Gasteiger partial charge in [-0.3, -0.25) is 9.69 Å². The summed E-state index contributed by atoms with van der Waals surface area (Å²) in [5, 5.41) is 29.1. The molecular weight excluding hydrogens is 564 g/mol. The Morgan fingerprint density at radius 3 is 2.36 bits per heavy atom. The molecule has 0 aromatic rings. The molecule has 1 saturated carbocycles. The summed E-state index contributed by atoms with van der Waals surface area (Å²) in [7, 11) is -2.04. The van der Waals surface area contributed by atoms with E-state index < -0.39 is 57.4 Å². The first-order valence-electron chi connectivity index (χ1n) is 15.4. The van der Waals surface area contributed by atoms with Crippen molar-refractivity contribution in [3.05, 3.63) is 0 Å². The van der Waals surface area contributed by atoms with Crippen LogP contribution in [0.2, 0.25) is 0 Å². The molecule has 2 aliphatic heterocycles. The first kappa shape index (κ1) is 34.5. The molecule has 2 heterocycles. The largest absolute Gasteiger partial charge is 0.479 e. The number of likely N-dealkylation sites (N-methyl/N-ethyl adjacent to an activating group) is 1. The quantitative estimate of drug-likeness (QED) is 0.171. The van der Waals surface area contributed by atoms with Gasteiger partial charge in [-0.05, 0) is 37.0 Å². The van der Waals surface area contributed by atoms with Crippen LogP contribution in [0.15, 0.2) is 0 Å². The Morgan fingerprint density at radius 1 is 1.07 bits per heavy atom. The second-order valence-electron chi connectivity index (χ2n) is 13.2. The molecule has 0 bridgehead atoms. The van der Waals surface area contributed by atoms with E-state index in [2.05, 4.69) is 22.9 Å². The number of carbonyl (C=O) groups is 3. The van der Waals surface area contributed by atoms with Crippen LogP contribution in [0, 0.1) is 11.3 Å². The molecular formula is C28H52N6O7S. The Hall–Kier alpha value is -2.00. The Morgan fingerprint density at radius 2 is 1.76 bits per heavy atom. The molecule has 3 amide bonds. The number of rotatable bonds is 15. The second-order valence-corrected chi connectivity index (χ2v) is 15.2. The van der Waals surface area contributed by atoms with E-state index in [4.69, 9.17) is 0 Å². The van der Waals surface area contributed by atoms with Crippen LogP contribution in [-0.4, -0.2) is 114 Å². The van der Waals surface area contributed by atoms with Gasteiger partial charge in [-0.1, -0.05) is 59.8 Å². The average molecular weight is 617 g/mol. The molecule has 5 atom stereocenters. The predicted octanol–water partition coefficient (Wildman–Crippen LogP) is 1.30. The van der Waals surface area contributed by atoms with Crippen molar-refractivity contribution in [1.29, 1.82) is 0 Å². The van der Waals surface area contributed by atoms with Crippen molar-refractivity contribution in [2.75, 3.05) is 39.8 Å². The zero-order chi connectivity index (χ0) is 31.3. The van der Waals surface area contributed by atoms with Crippen LogP contribution in [0.25, 0.3) is 0 Å². The summed E-state index contributed by atoms with van der Waals surface area (Å²) < 4.78 is 27.7. The molecule has 1 aliphatic carbocycles. The fraction of sp³-hybridized carbons (Fsp3) is 0.893. The van der Waals surface area contributed by atoms with E-state index in [9.17, 15) is 33.0 Å². The van der Waals surface area contributed by atoms with Gasteiger partial charge in [-0.15, -0.1) is 0 Å². The number of carbonyl (C=O) groups excluding carboxylic acids is 2. The topological polar surface area (TPSA) is 172 Å². The van der Waals surface area contributed by atoms with Crippen molar-refractivity contribution in [2.24, 2.45) is 11.3 Å². The van der Waals surface area contributed by atoms with E-state index >= 15 is 0 Å². The Kier molecular flexibility index (Phi) is 11.7. The predicted molar refractivity (Wildman–Crippen MR) is 159 cm³/mol. The van der Waals surface area contributed by atoms with Crippen molar-refractivity contribution >= 4 is 28.1 Å². The van der Waals surface area contributed by atoms with Gasteiger partial charge >= 0.3 is 12.0 Å². The number of hydrogen-bond donors (Lipinski definition) is 5. The fourth-order valence-electron chi connectivity index (χ4n) is 5.99. The number of urea groups is 1. The molecule has 242 valence electrons. The van der Waals surface area contributed by atoms with Gasteiger partial charge in [0.15, 0.2) is 0 Å². The number of aliphatic hydroxyl groups is 1. The number of aliphatic hydroxyl groups excluding tert-OH is 1. The molecule has 0 aromatic heterocycles. The summed E-state index contributed by atoms with van der Waals surface area (Å²) in [6.45, 7) is 9.01. The molecule has 3 rings (SSSR count). The summed E-state index contributed by atoms with van der Waals surface area (Å²) >= 11 is 0. The molecule has 3 unspecified atom stereocenters. The molecule has 2 saturated heterocycles. The van der Waals surface area contributed by atoms with Crippen molar-refractivity contribution < 1.29 is 33.0 Å². The van der Waals surface area contributed by atoms with Gasteiger partial charge in [0.05, 0.1) is 12.6 Å². The Balaban J connectivity index is 1.51. The van der Waals surface area contributed by atoms with Crippen LogP contribution in [0.5, 0.6) is 0 Å². The first-order valence-corrected chi connectivity index (χ1v) is 16.8. The van der Waals surface area contributed by atoms with Gasteiger partial charge in [-0.25, -0.2) is 9.59 Å². The van der Waals surface area contributed by atoms with E-state index in [1.807, 2.05) is 20.8 Å². The van der Waals surface area contributed by atoms with Crippen LogP contribution < -0.4 is 16.0 Å². The number of nitrogens with zero attached hydrogens (tertiary/aromatic N) is 3. The highest BCUT2D eigenvalue weighted by atomic mass is 32.2. The van der Waals surface area contributed by atoms with Gasteiger partial charge in [0.1, 0.15) is 11.8 Å². The Labute approximate surface area is 250 Å². The lowest BCUT2D eigenvalue weighted by Gasteiger charge is -2.34. The van der Waals surface area contributed by atoms with Crippen molar-refractivity contribution in [1.82, 2.24) is 29.5 Å². The molecule has 0 radical (unpaired) electrons. The number of unbranched alkanes of at least 4 members (excludes halogenated alkanes) is 4. The van der Waals surface area contributed by atoms with Crippen molar-refractivity contribution in [3.8, 4) is 0 Å². The summed E-state index contributed by atoms with van der Waals surface area (Å²) in [4.78, 5) is 39.8. The molecule has 42 heavy (non-hydrogen) atoms. The van der Waals surface area contributed by atoms with E-state index in [0.29, 0.717) is 38.9 Å². The van der Waals surface area contributed by atoms with Gasteiger partial charge in [0, 0.05) is 39.3 Å². The number of likely N-dealkylation sites (tertiary alicyclic amines) is 1. The van der Waals surface area contributed by atoms with Crippen LogP contribution in [0.4, 0.5) is 4.79 Å².